The number of hydrogen-bond acceptors (Lipinski definition) is 8. The Labute approximate surface area is 160 Å². The van der Waals surface area contributed by atoms with Gasteiger partial charge in [-0.1, -0.05) is 0 Å². The number of nitrogens with one attached hydrogen (secondary N) is 1. The fourth-order valence-electron chi connectivity index (χ4n) is 2.82. The Balaban J connectivity index is 1.83. The van der Waals surface area contributed by atoms with Gasteiger partial charge in [0.05, 0.1) is 19.0 Å². The van der Waals surface area contributed by atoms with Crippen LogP contribution in [0.5, 0.6) is 0 Å². The van der Waals surface area contributed by atoms with Crippen LogP contribution in [0.3, 0.4) is 0 Å². The van der Waals surface area contributed by atoms with E-state index in [0.29, 0.717) is 5.65 Å². The normalized spacial score (nSPS) is 25.2. The van der Waals surface area contributed by atoms with Gasteiger partial charge in [0, 0.05) is 6.08 Å². The molecule has 28 heavy (non-hydrogen) atoms. The fourth-order valence-corrected chi connectivity index (χ4v) is 2.82. The van der Waals surface area contributed by atoms with Crippen LogP contribution in [-0.4, -0.2) is 73.3 Å². The van der Waals surface area contributed by atoms with Crippen molar-refractivity contribution in [3.05, 3.63) is 24.8 Å². The van der Waals surface area contributed by atoms with Crippen LogP contribution in [0, 0.1) is 0 Å². The van der Waals surface area contributed by atoms with Gasteiger partial charge in [0.1, 0.15) is 31.3 Å². The van der Waals surface area contributed by atoms with E-state index in [0.717, 1.165) is 12.2 Å². The standard InChI is InChI=1S/C17H22FN5O5/c1-9(2)27-6-10-13(25)14(26)17(28-10)23-8-21-12-15(19-7-20-16(12)23)22-11(24)4-3-5-18/h3-4,7-10,13-14,17,25-26H,5-6H2,1-2H3,(H,19,20,22,24)/b4-3+/t10-,13+,14+,17+/m0/s1. The number of ether oxygens (including phenoxy) is 2. The minimum absolute atomic E-state index is 0.0496. The molecule has 3 heterocycles. The van der Waals surface area contributed by atoms with E-state index in [1.807, 2.05) is 13.8 Å². The first-order chi connectivity index (χ1) is 13.4. The molecule has 0 unspecified atom stereocenters. The van der Waals surface area contributed by atoms with Gasteiger partial charge in [-0.2, -0.15) is 0 Å². The molecule has 152 valence electrons. The van der Waals surface area contributed by atoms with Crippen LogP contribution < -0.4 is 5.32 Å². The number of alkyl halides is 1. The number of nitrogens with zero attached hydrogens (tertiary/aromatic N) is 4. The van der Waals surface area contributed by atoms with E-state index < -0.39 is 37.1 Å². The molecular formula is C17H22FN5O5. The van der Waals surface area contributed by atoms with Crippen LogP contribution in [0.25, 0.3) is 11.2 Å². The van der Waals surface area contributed by atoms with Gasteiger partial charge in [-0.3, -0.25) is 9.36 Å². The number of hydrogen-bond donors (Lipinski definition) is 3. The van der Waals surface area contributed by atoms with E-state index in [1.54, 1.807) is 0 Å². The topological polar surface area (TPSA) is 132 Å². The number of aromatic nitrogens is 4. The largest absolute Gasteiger partial charge is 0.387 e. The smallest absolute Gasteiger partial charge is 0.249 e. The van der Waals surface area contributed by atoms with Crippen molar-refractivity contribution >= 4 is 22.9 Å². The van der Waals surface area contributed by atoms with Crippen LogP contribution in [0.4, 0.5) is 10.2 Å². The zero-order chi connectivity index (χ0) is 20.3. The molecule has 1 amide bonds. The molecule has 2 aromatic rings. The molecule has 0 saturated carbocycles. The Hall–Kier alpha value is -2.47. The number of amides is 1. The predicted octanol–water partition coefficient (Wildman–Crippen LogP) is 0.335. The van der Waals surface area contributed by atoms with Gasteiger partial charge in [-0.05, 0) is 19.9 Å². The first-order valence-corrected chi connectivity index (χ1v) is 8.76. The average Bonchev–Trinajstić information content (AvgIpc) is 3.21. The number of imidazole rings is 1. The summed E-state index contributed by atoms with van der Waals surface area (Å²) in [4.78, 5) is 24.1. The molecule has 2 aromatic heterocycles. The second-order valence-electron chi connectivity index (χ2n) is 6.52. The average molecular weight is 395 g/mol. The van der Waals surface area contributed by atoms with Crippen molar-refractivity contribution in [1.29, 1.82) is 0 Å². The molecule has 1 saturated heterocycles. The maximum Gasteiger partial charge on any atom is 0.249 e. The molecule has 1 fully saturated rings. The summed E-state index contributed by atoms with van der Waals surface area (Å²) in [6.45, 7) is 3.07. The first kappa shape index (κ1) is 20.3. The van der Waals surface area contributed by atoms with Gasteiger partial charge in [-0.15, -0.1) is 0 Å². The highest BCUT2D eigenvalue weighted by Crippen LogP contribution is 2.32. The zero-order valence-corrected chi connectivity index (χ0v) is 15.4. The molecule has 0 radical (unpaired) electrons. The van der Waals surface area contributed by atoms with E-state index in [9.17, 15) is 19.4 Å². The van der Waals surface area contributed by atoms with Gasteiger partial charge in [0.25, 0.3) is 0 Å². The monoisotopic (exact) mass is 395 g/mol. The second-order valence-corrected chi connectivity index (χ2v) is 6.52. The maximum atomic E-state index is 12.1. The van der Waals surface area contributed by atoms with Crippen molar-refractivity contribution in [1.82, 2.24) is 19.5 Å². The molecule has 3 rings (SSSR count). The number of allylic oxidation sites excluding steroid dienone is 1. The third-order valence-electron chi connectivity index (χ3n) is 4.16. The van der Waals surface area contributed by atoms with E-state index in [2.05, 4.69) is 20.3 Å². The van der Waals surface area contributed by atoms with Crippen LogP contribution in [0.2, 0.25) is 0 Å². The first-order valence-electron chi connectivity index (χ1n) is 8.76. The minimum Gasteiger partial charge on any atom is -0.387 e. The van der Waals surface area contributed by atoms with E-state index in [4.69, 9.17) is 9.47 Å². The Bertz CT molecular complexity index is 858. The summed E-state index contributed by atoms with van der Waals surface area (Å²) in [5, 5.41) is 23.1. The van der Waals surface area contributed by atoms with Gasteiger partial charge < -0.3 is 25.0 Å². The van der Waals surface area contributed by atoms with Crippen molar-refractivity contribution in [3.63, 3.8) is 0 Å². The Morgan fingerprint density at radius 2 is 2.18 bits per heavy atom. The molecule has 1 aliphatic heterocycles. The molecule has 0 aliphatic carbocycles. The van der Waals surface area contributed by atoms with Crippen molar-refractivity contribution in [3.8, 4) is 0 Å². The van der Waals surface area contributed by atoms with Crippen LogP contribution in [-0.2, 0) is 14.3 Å². The third kappa shape index (κ3) is 4.17. The molecule has 10 nitrogen and oxygen atoms in total. The summed E-state index contributed by atoms with van der Waals surface area (Å²) in [6, 6.07) is 0. The Kier molecular flexibility index (Phi) is 6.29. The van der Waals surface area contributed by atoms with Crippen LogP contribution in [0.1, 0.15) is 20.1 Å². The molecule has 0 spiro atoms. The summed E-state index contributed by atoms with van der Waals surface area (Å²) >= 11 is 0. The summed E-state index contributed by atoms with van der Waals surface area (Å²) in [5.41, 5.74) is 0.554. The number of aliphatic hydroxyl groups is 2. The summed E-state index contributed by atoms with van der Waals surface area (Å²) in [7, 11) is 0. The number of aliphatic hydroxyl groups excluding tert-OH is 2. The summed E-state index contributed by atoms with van der Waals surface area (Å²) < 4.78 is 24.8. The van der Waals surface area contributed by atoms with Gasteiger partial charge in [0.2, 0.25) is 5.91 Å². The molecule has 4 atom stereocenters. The SMILES string of the molecule is CC(C)OC[C@@H]1O[C@@H](n2cnc3c(NC(=O)/C=C/CF)ncnc32)[C@H](O)[C@@H]1O. The third-order valence-corrected chi connectivity index (χ3v) is 4.16. The molecular weight excluding hydrogens is 373 g/mol. The number of anilines is 1. The highest BCUT2D eigenvalue weighted by Gasteiger charge is 2.44. The summed E-state index contributed by atoms with van der Waals surface area (Å²) in [5.74, 6) is -0.435. The quantitative estimate of drug-likeness (QED) is 0.572. The Morgan fingerprint density at radius 3 is 2.89 bits per heavy atom. The number of carbonyl (C=O) groups excluding carboxylic acids is 1. The summed E-state index contributed by atoms with van der Waals surface area (Å²) in [6.07, 6.45) is 0.626. The highest BCUT2D eigenvalue weighted by molar-refractivity contribution is 6.02. The number of fused-ring (bicyclic) bond motifs is 1. The van der Waals surface area contributed by atoms with Gasteiger partial charge in [-0.25, -0.2) is 19.3 Å². The van der Waals surface area contributed by atoms with Crippen LogP contribution >= 0.6 is 0 Å². The zero-order valence-electron chi connectivity index (χ0n) is 15.4. The fraction of sp³-hybridized carbons (Fsp3) is 0.529. The van der Waals surface area contributed by atoms with Crippen molar-refractivity contribution in [2.24, 2.45) is 0 Å². The second kappa shape index (κ2) is 8.69. The minimum atomic E-state index is -1.22. The van der Waals surface area contributed by atoms with Gasteiger partial charge >= 0.3 is 0 Å². The molecule has 0 bridgehead atoms. The van der Waals surface area contributed by atoms with E-state index in [1.165, 1.54) is 17.2 Å². The number of carbonyl (C=O) groups is 1. The van der Waals surface area contributed by atoms with Gasteiger partial charge in [0.15, 0.2) is 23.2 Å². The van der Waals surface area contributed by atoms with Crippen molar-refractivity contribution in [2.75, 3.05) is 18.6 Å². The highest BCUT2D eigenvalue weighted by atomic mass is 19.1. The maximum absolute atomic E-state index is 12.1. The molecule has 11 heteroatoms. The number of halogens is 1. The van der Waals surface area contributed by atoms with E-state index >= 15 is 0 Å². The lowest BCUT2D eigenvalue weighted by molar-refractivity contribution is -0.111. The molecule has 0 aromatic carbocycles. The van der Waals surface area contributed by atoms with E-state index in [-0.39, 0.29) is 24.0 Å². The Morgan fingerprint density at radius 1 is 1.39 bits per heavy atom. The van der Waals surface area contributed by atoms with Crippen LogP contribution in [0.15, 0.2) is 24.8 Å². The van der Waals surface area contributed by atoms with Crippen molar-refractivity contribution in [2.45, 2.75) is 44.5 Å². The number of rotatable bonds is 7. The lowest BCUT2D eigenvalue weighted by Crippen LogP contribution is -2.34. The molecule has 1 aliphatic rings. The lowest BCUT2D eigenvalue weighted by Gasteiger charge is -2.17. The lowest BCUT2D eigenvalue weighted by atomic mass is 10.1. The van der Waals surface area contributed by atoms with Crippen molar-refractivity contribution < 1.29 is 28.9 Å². The molecule has 3 N–H and O–H groups in total. The predicted molar refractivity (Wildman–Crippen MR) is 96.1 cm³/mol.